The summed E-state index contributed by atoms with van der Waals surface area (Å²) in [5.41, 5.74) is 0. The molecular formula is C38H67NO32S. The molecule has 33 nitrogen and oxygen atoms in total. The third-order valence-electron chi connectivity index (χ3n) is 12.6. The molecule has 0 aliphatic carbocycles. The highest BCUT2D eigenvalue weighted by molar-refractivity contribution is 7.80. The third kappa shape index (κ3) is 14.0. The van der Waals surface area contributed by atoms with E-state index in [2.05, 4.69) is 9.50 Å². The molecule has 34 heteroatoms. The van der Waals surface area contributed by atoms with Crippen molar-refractivity contribution in [3.63, 3.8) is 0 Å². The zero-order valence-corrected chi connectivity index (χ0v) is 39.3. The molecule has 0 spiro atoms. The fraction of sp³-hybridized carbons (Fsp3) is 0.974. The van der Waals surface area contributed by atoms with Crippen LogP contribution in [0.4, 0.5) is 0 Å². The number of hydrogen-bond acceptors (Lipinski definition) is 31. The first-order chi connectivity index (χ1) is 33.7. The molecule has 19 N–H and O–H groups in total. The number of hydrogen-bond donors (Lipinski definition) is 19. The van der Waals surface area contributed by atoms with Crippen molar-refractivity contribution in [1.82, 2.24) is 5.32 Å². The molecule has 0 saturated carbocycles. The minimum absolute atomic E-state index is 0.916. The minimum Gasteiger partial charge on any atom is -0.394 e. The lowest BCUT2D eigenvalue weighted by Crippen LogP contribution is -2.71. The molecule has 5 aliphatic rings. The SMILES string of the molecule is CC(=O)N[C@H]1[C@H](O[C@H]2[C@@H](O)[C@@H](CO)O[C@@H](O[C@@H]([C@H](O[C@@H]3O[C@@H](C)[C@@H](O)[C@@H](O)[C@@H]3O)[C@@H](O)CO)[C@H](O)CO)[C@@H]2O)O[C@H](COS(=O)(=O)O)[C@@H](O[C@@H]2O[C@H](CO)[C@H](O)[C@H](O)[C@H]2O)[C@@H]1O[C@@H]1O[C@@H](C)[C@@H](O)[C@@H](O)[C@@H]1O. The highest BCUT2D eigenvalue weighted by atomic mass is 32.3. The number of aliphatic hydroxyl groups excluding tert-OH is 17. The summed E-state index contributed by atoms with van der Waals surface area (Å²) in [6.45, 7) is -2.50. The number of ether oxygens (including phenoxy) is 10. The van der Waals surface area contributed by atoms with Crippen LogP contribution in [-0.2, 0) is 66.7 Å². The van der Waals surface area contributed by atoms with Crippen LogP contribution < -0.4 is 5.32 Å². The van der Waals surface area contributed by atoms with Crippen molar-refractivity contribution in [2.45, 2.75) is 199 Å². The molecule has 29 atom stereocenters. The van der Waals surface area contributed by atoms with E-state index in [0.29, 0.717) is 0 Å². The number of carbonyl (C=O) groups excluding carboxylic acids is 1. The number of aliphatic hydroxyl groups is 17. The molecular weight excluding hydrogens is 1010 g/mol. The number of nitrogens with one attached hydrogen (secondary N) is 1. The quantitative estimate of drug-likeness (QED) is 0.0475. The summed E-state index contributed by atoms with van der Waals surface area (Å²) in [4.78, 5) is 13.0. The van der Waals surface area contributed by atoms with Gasteiger partial charge in [-0.05, 0) is 13.8 Å². The fourth-order valence-electron chi connectivity index (χ4n) is 8.54. The van der Waals surface area contributed by atoms with Gasteiger partial charge in [0.15, 0.2) is 31.5 Å². The van der Waals surface area contributed by atoms with Crippen LogP contribution in [0.3, 0.4) is 0 Å². The molecule has 0 radical (unpaired) electrons. The van der Waals surface area contributed by atoms with Crippen LogP contribution >= 0.6 is 0 Å². The third-order valence-corrected chi connectivity index (χ3v) is 13.0. The van der Waals surface area contributed by atoms with Gasteiger partial charge < -0.3 is 139 Å². The van der Waals surface area contributed by atoms with Crippen molar-refractivity contribution in [2.75, 3.05) is 33.0 Å². The molecule has 422 valence electrons. The van der Waals surface area contributed by atoms with Gasteiger partial charge >= 0.3 is 10.4 Å². The Hall–Kier alpha value is -1.74. The summed E-state index contributed by atoms with van der Waals surface area (Å²) in [6, 6.07) is -2.00. The van der Waals surface area contributed by atoms with Gasteiger partial charge in [0.1, 0.15) is 134 Å². The topological polar surface area (TPSA) is 529 Å². The largest absolute Gasteiger partial charge is 0.397 e. The highest BCUT2D eigenvalue weighted by Crippen LogP contribution is 2.37. The Morgan fingerprint density at radius 1 is 0.514 bits per heavy atom. The van der Waals surface area contributed by atoms with E-state index in [9.17, 15) is 105 Å². The van der Waals surface area contributed by atoms with Gasteiger partial charge in [-0.15, -0.1) is 0 Å². The molecule has 0 aromatic carbocycles. The van der Waals surface area contributed by atoms with Gasteiger partial charge in [-0.3, -0.25) is 9.35 Å². The summed E-state index contributed by atoms with van der Waals surface area (Å²) in [5, 5.41) is 183. The second-order valence-corrected chi connectivity index (χ2v) is 18.8. The van der Waals surface area contributed by atoms with E-state index in [0.717, 1.165) is 6.92 Å². The predicted octanol–water partition coefficient (Wildman–Crippen LogP) is -12.4. The number of rotatable bonds is 21. The molecule has 5 aliphatic heterocycles. The van der Waals surface area contributed by atoms with Crippen LogP contribution in [0, 0.1) is 0 Å². The molecule has 5 rings (SSSR count). The molecule has 0 unspecified atom stereocenters. The van der Waals surface area contributed by atoms with E-state index < -0.39 is 227 Å². The Balaban J connectivity index is 1.57. The Kier molecular flexibility index (Phi) is 22.1. The Morgan fingerprint density at radius 3 is 1.40 bits per heavy atom. The van der Waals surface area contributed by atoms with Gasteiger partial charge in [-0.1, -0.05) is 0 Å². The van der Waals surface area contributed by atoms with E-state index in [1.165, 1.54) is 13.8 Å². The average molecular weight is 1080 g/mol. The molecule has 0 bridgehead atoms. The van der Waals surface area contributed by atoms with Gasteiger partial charge in [0.05, 0.1) is 45.2 Å². The maximum absolute atomic E-state index is 13.0. The van der Waals surface area contributed by atoms with E-state index >= 15 is 0 Å². The van der Waals surface area contributed by atoms with E-state index in [1.54, 1.807) is 0 Å². The first-order valence-corrected chi connectivity index (χ1v) is 23.8. The lowest BCUT2D eigenvalue weighted by molar-refractivity contribution is -0.389. The van der Waals surface area contributed by atoms with Crippen LogP contribution in [0.25, 0.3) is 0 Å². The smallest absolute Gasteiger partial charge is 0.394 e. The summed E-state index contributed by atoms with van der Waals surface area (Å²) < 4.78 is 95.8. The van der Waals surface area contributed by atoms with Crippen LogP contribution in [0.15, 0.2) is 0 Å². The lowest BCUT2D eigenvalue weighted by Gasteiger charge is -2.51. The predicted molar refractivity (Wildman–Crippen MR) is 221 cm³/mol. The molecule has 5 heterocycles. The Labute approximate surface area is 409 Å². The second kappa shape index (κ2) is 26.1. The molecule has 5 fully saturated rings. The highest BCUT2D eigenvalue weighted by Gasteiger charge is 2.58. The van der Waals surface area contributed by atoms with E-state index in [4.69, 9.17) is 47.4 Å². The van der Waals surface area contributed by atoms with Gasteiger partial charge in [-0.25, -0.2) is 4.18 Å². The maximum atomic E-state index is 13.0. The van der Waals surface area contributed by atoms with E-state index in [1.807, 2.05) is 0 Å². The second-order valence-electron chi connectivity index (χ2n) is 17.8. The molecule has 0 aromatic heterocycles. The van der Waals surface area contributed by atoms with Gasteiger partial charge in [0, 0.05) is 6.92 Å². The first-order valence-electron chi connectivity index (χ1n) is 22.4. The standard InChI is InChI=1S/C38H67NO32S/c1-9-18(47)22(51)25(54)35(62-9)67-29(12(45)4-40)30(13(46)5-41)68-38-28(57)33(21(50)15(7-43)65-38)71-34-17(39-11(3)44)32(70-36-26(55)23(52)19(48)10(2)63-36)31(16(66-34)8-61-72(58,59)60)69-37-27(56)24(53)20(49)14(6-42)64-37/h9-10,12-38,40-43,45-57H,4-8H2,1-3H3,(H,39,44)(H,58,59,60)/t9-,10-,12-,13+,14+,15+,16+,17+,18+,19+,20-,21-,22+,23+,24-,25-,26-,27+,28+,29+,30+,31+,32+,33-,34-,35-,36-,37-,38-/m0/s1. The van der Waals surface area contributed by atoms with Crippen molar-refractivity contribution in [3.05, 3.63) is 0 Å². The Morgan fingerprint density at radius 2 is 0.917 bits per heavy atom. The van der Waals surface area contributed by atoms with Crippen LogP contribution in [-0.4, -0.2) is 317 Å². The summed E-state index contributed by atoms with van der Waals surface area (Å²) in [7, 11) is -5.43. The number of carbonyl (C=O) groups is 1. The summed E-state index contributed by atoms with van der Waals surface area (Å²) in [5.74, 6) is -0.987. The zero-order chi connectivity index (χ0) is 53.8. The van der Waals surface area contributed by atoms with Crippen molar-refractivity contribution in [2.24, 2.45) is 0 Å². The summed E-state index contributed by atoms with van der Waals surface area (Å²) >= 11 is 0. The molecule has 5 saturated heterocycles. The molecule has 1 amide bonds. The minimum atomic E-state index is -5.43. The van der Waals surface area contributed by atoms with Crippen LogP contribution in [0.2, 0.25) is 0 Å². The van der Waals surface area contributed by atoms with Crippen molar-refractivity contribution in [1.29, 1.82) is 0 Å². The number of amides is 1. The van der Waals surface area contributed by atoms with Crippen molar-refractivity contribution in [3.8, 4) is 0 Å². The van der Waals surface area contributed by atoms with Crippen LogP contribution in [0.1, 0.15) is 20.8 Å². The fourth-order valence-corrected chi connectivity index (χ4v) is 8.84. The van der Waals surface area contributed by atoms with Gasteiger partial charge in [-0.2, -0.15) is 8.42 Å². The van der Waals surface area contributed by atoms with Crippen LogP contribution in [0.5, 0.6) is 0 Å². The van der Waals surface area contributed by atoms with Crippen molar-refractivity contribution < 1.29 is 156 Å². The summed E-state index contributed by atoms with van der Waals surface area (Å²) in [6.07, 6.45) is -56.4. The lowest BCUT2D eigenvalue weighted by atomic mass is 9.93. The maximum Gasteiger partial charge on any atom is 0.397 e. The first kappa shape index (κ1) is 61.1. The van der Waals surface area contributed by atoms with Crippen molar-refractivity contribution >= 4 is 16.3 Å². The monoisotopic (exact) mass is 1080 g/mol. The normalized spacial score (nSPS) is 46.0. The average Bonchev–Trinajstić information content (AvgIpc) is 3.33. The van der Waals surface area contributed by atoms with Gasteiger partial charge in [0.25, 0.3) is 0 Å². The molecule has 0 aromatic rings. The molecule has 72 heavy (non-hydrogen) atoms. The van der Waals surface area contributed by atoms with E-state index in [-0.39, 0.29) is 0 Å². The zero-order valence-electron chi connectivity index (χ0n) is 38.5. The van der Waals surface area contributed by atoms with Gasteiger partial charge in [0.2, 0.25) is 5.91 Å². The Bertz CT molecular complexity index is 1790.